The van der Waals surface area contributed by atoms with Crippen molar-refractivity contribution in [2.24, 2.45) is 5.92 Å². The number of anilines is 1. The molecule has 0 unspecified atom stereocenters. The van der Waals surface area contributed by atoms with E-state index in [1.165, 1.54) is 11.1 Å². The normalized spacial score (nSPS) is 14.5. The van der Waals surface area contributed by atoms with Gasteiger partial charge in [0.15, 0.2) is 6.61 Å². The van der Waals surface area contributed by atoms with Crippen molar-refractivity contribution in [1.82, 2.24) is 4.98 Å². The molecule has 2 heterocycles. The Bertz CT molecular complexity index is 1050. The molecular formula is C26H29N3O2. The maximum atomic E-state index is 9.57. The van der Waals surface area contributed by atoms with Crippen LogP contribution in [0.3, 0.4) is 0 Å². The summed E-state index contributed by atoms with van der Waals surface area (Å²) in [5.74, 6) is 2.53. The first kappa shape index (κ1) is 21.0. The van der Waals surface area contributed by atoms with Crippen LogP contribution < -0.4 is 9.64 Å². The van der Waals surface area contributed by atoms with Gasteiger partial charge in [0.05, 0.1) is 0 Å². The fourth-order valence-corrected chi connectivity index (χ4v) is 4.52. The number of piperidine rings is 1. The highest BCUT2D eigenvalue weighted by atomic mass is 16.5. The lowest BCUT2D eigenvalue weighted by Gasteiger charge is -2.31. The zero-order valence-electron chi connectivity index (χ0n) is 18.5. The van der Waals surface area contributed by atoms with Crippen LogP contribution in [0.15, 0.2) is 46.9 Å². The molecule has 2 aromatic carbocycles. The Morgan fingerprint density at radius 1 is 1.10 bits per heavy atom. The van der Waals surface area contributed by atoms with E-state index < -0.39 is 0 Å². The summed E-state index contributed by atoms with van der Waals surface area (Å²) in [7, 11) is 0. The highest BCUT2D eigenvalue weighted by Crippen LogP contribution is 2.30. The Hall–Kier alpha value is -3.26. The molecule has 0 bridgehead atoms. The number of ether oxygens (including phenoxy) is 1. The molecule has 0 atom stereocenters. The molecule has 3 aromatic rings. The zero-order chi connectivity index (χ0) is 21.8. The molecule has 1 aliphatic rings. The van der Waals surface area contributed by atoms with Gasteiger partial charge in [-0.15, -0.1) is 0 Å². The molecule has 0 aliphatic carbocycles. The van der Waals surface area contributed by atoms with E-state index in [0.717, 1.165) is 49.2 Å². The summed E-state index contributed by atoms with van der Waals surface area (Å²) < 4.78 is 12.0. The van der Waals surface area contributed by atoms with Crippen LogP contribution in [0.25, 0.3) is 0 Å². The van der Waals surface area contributed by atoms with Gasteiger partial charge in [-0.2, -0.15) is 10.2 Å². The monoisotopic (exact) mass is 415 g/mol. The van der Waals surface area contributed by atoms with Gasteiger partial charge in [0.2, 0.25) is 17.5 Å². The van der Waals surface area contributed by atoms with Crippen LogP contribution in [0.2, 0.25) is 0 Å². The summed E-state index contributed by atoms with van der Waals surface area (Å²) in [6.45, 7) is 8.11. The van der Waals surface area contributed by atoms with Crippen LogP contribution in [0, 0.1) is 38.0 Å². The van der Waals surface area contributed by atoms with Crippen LogP contribution in [0.4, 0.5) is 5.88 Å². The summed E-state index contributed by atoms with van der Waals surface area (Å²) >= 11 is 0. The molecule has 5 nitrogen and oxygen atoms in total. The van der Waals surface area contributed by atoms with Crippen molar-refractivity contribution in [3.05, 3.63) is 76.3 Å². The van der Waals surface area contributed by atoms with Crippen molar-refractivity contribution >= 4 is 5.88 Å². The highest BCUT2D eigenvalue weighted by Gasteiger charge is 2.25. The standard InChI is InChI=1S/C26H29N3O2/c1-18-13-19(2)25(20(3)14-18)30-17-24-28-23(16-27)26(31-24)29-11-9-22(10-12-29)15-21-7-5-4-6-8-21/h4-8,13-14,22H,9-12,15,17H2,1-3H3. The Balaban J connectivity index is 1.40. The second kappa shape index (κ2) is 9.26. The van der Waals surface area contributed by atoms with Gasteiger partial charge < -0.3 is 14.1 Å². The van der Waals surface area contributed by atoms with Gasteiger partial charge in [-0.25, -0.2) is 0 Å². The van der Waals surface area contributed by atoms with Crippen molar-refractivity contribution in [3.63, 3.8) is 0 Å². The van der Waals surface area contributed by atoms with Gasteiger partial charge in [-0.05, 0) is 62.6 Å². The van der Waals surface area contributed by atoms with E-state index in [1.807, 2.05) is 13.8 Å². The largest absolute Gasteiger partial charge is 0.483 e. The van der Waals surface area contributed by atoms with Gasteiger partial charge in [0.25, 0.3) is 0 Å². The van der Waals surface area contributed by atoms with E-state index in [1.54, 1.807) is 0 Å². The van der Waals surface area contributed by atoms with Crippen molar-refractivity contribution in [2.75, 3.05) is 18.0 Å². The second-order valence-electron chi connectivity index (χ2n) is 8.51. The molecule has 1 aromatic heterocycles. The zero-order valence-corrected chi connectivity index (χ0v) is 18.5. The van der Waals surface area contributed by atoms with Crippen LogP contribution >= 0.6 is 0 Å². The fraction of sp³-hybridized carbons (Fsp3) is 0.385. The lowest BCUT2D eigenvalue weighted by molar-refractivity contribution is 0.259. The van der Waals surface area contributed by atoms with Crippen molar-refractivity contribution in [3.8, 4) is 11.8 Å². The lowest BCUT2D eigenvalue weighted by Crippen LogP contribution is -2.34. The molecule has 0 spiro atoms. The first-order chi connectivity index (χ1) is 15.0. The minimum Gasteiger partial charge on any atom is -0.483 e. The minimum atomic E-state index is 0.212. The Labute approximate surface area is 184 Å². The van der Waals surface area contributed by atoms with Gasteiger partial charge in [0, 0.05) is 13.1 Å². The lowest BCUT2D eigenvalue weighted by atomic mass is 9.90. The number of aryl methyl sites for hydroxylation is 3. The molecule has 0 N–H and O–H groups in total. The second-order valence-corrected chi connectivity index (χ2v) is 8.51. The first-order valence-corrected chi connectivity index (χ1v) is 10.9. The molecule has 0 radical (unpaired) electrons. The summed E-state index contributed by atoms with van der Waals surface area (Å²) in [4.78, 5) is 6.54. The first-order valence-electron chi connectivity index (χ1n) is 10.9. The summed E-state index contributed by atoms with van der Waals surface area (Å²) in [6, 6.07) is 17.0. The van der Waals surface area contributed by atoms with Gasteiger partial charge >= 0.3 is 0 Å². The Morgan fingerprint density at radius 3 is 2.42 bits per heavy atom. The number of nitrogens with zero attached hydrogens (tertiary/aromatic N) is 3. The molecule has 1 aliphatic heterocycles. The topological polar surface area (TPSA) is 62.3 Å². The summed E-state index contributed by atoms with van der Waals surface area (Å²) in [5.41, 5.74) is 5.12. The molecule has 0 saturated carbocycles. The van der Waals surface area contributed by atoms with E-state index in [2.05, 4.69) is 65.3 Å². The molecule has 160 valence electrons. The van der Waals surface area contributed by atoms with E-state index in [0.29, 0.717) is 23.4 Å². The third-order valence-electron chi connectivity index (χ3n) is 5.97. The summed E-state index contributed by atoms with van der Waals surface area (Å²) in [6.07, 6.45) is 3.26. The van der Waals surface area contributed by atoms with Gasteiger partial charge in [0.1, 0.15) is 11.8 Å². The number of aromatic nitrogens is 1. The average molecular weight is 416 g/mol. The van der Waals surface area contributed by atoms with Crippen LogP contribution in [0.1, 0.15) is 46.7 Å². The molecule has 5 heteroatoms. The molecule has 0 amide bonds. The van der Waals surface area contributed by atoms with E-state index in [-0.39, 0.29) is 6.61 Å². The molecule has 31 heavy (non-hydrogen) atoms. The number of benzene rings is 2. The minimum absolute atomic E-state index is 0.212. The van der Waals surface area contributed by atoms with E-state index in [4.69, 9.17) is 9.15 Å². The van der Waals surface area contributed by atoms with Gasteiger partial charge in [-0.3, -0.25) is 0 Å². The number of hydrogen-bond acceptors (Lipinski definition) is 5. The Kier molecular flexibility index (Phi) is 6.27. The van der Waals surface area contributed by atoms with Crippen LogP contribution in [-0.2, 0) is 13.0 Å². The highest BCUT2D eigenvalue weighted by molar-refractivity contribution is 5.48. The van der Waals surface area contributed by atoms with Crippen molar-refractivity contribution in [1.29, 1.82) is 5.26 Å². The Morgan fingerprint density at radius 2 is 1.77 bits per heavy atom. The van der Waals surface area contributed by atoms with Crippen LogP contribution in [0.5, 0.6) is 5.75 Å². The van der Waals surface area contributed by atoms with Crippen molar-refractivity contribution in [2.45, 2.75) is 46.6 Å². The van der Waals surface area contributed by atoms with E-state index >= 15 is 0 Å². The molecular weight excluding hydrogens is 386 g/mol. The fourth-order valence-electron chi connectivity index (χ4n) is 4.52. The molecule has 1 fully saturated rings. The number of oxazole rings is 1. The quantitative estimate of drug-likeness (QED) is 0.531. The number of hydrogen-bond donors (Lipinski definition) is 0. The maximum absolute atomic E-state index is 9.57. The molecule has 4 rings (SSSR count). The third-order valence-corrected chi connectivity index (χ3v) is 5.97. The summed E-state index contributed by atoms with van der Waals surface area (Å²) in [5, 5.41) is 9.57. The number of rotatable bonds is 6. The smallest absolute Gasteiger partial charge is 0.236 e. The van der Waals surface area contributed by atoms with E-state index in [9.17, 15) is 5.26 Å². The molecule has 1 saturated heterocycles. The third kappa shape index (κ3) is 4.91. The predicted octanol–water partition coefficient (Wildman–Crippen LogP) is 5.51. The van der Waals surface area contributed by atoms with Crippen molar-refractivity contribution < 1.29 is 9.15 Å². The SMILES string of the molecule is Cc1cc(C)c(OCc2nc(C#N)c(N3CCC(Cc4ccccc4)CC3)o2)c(C)c1. The maximum Gasteiger partial charge on any atom is 0.236 e. The van der Waals surface area contributed by atoms with Gasteiger partial charge in [-0.1, -0.05) is 48.0 Å². The van der Waals surface area contributed by atoms with Crippen LogP contribution in [-0.4, -0.2) is 18.1 Å². The number of nitriles is 1. The average Bonchev–Trinajstić information content (AvgIpc) is 3.17. The predicted molar refractivity (Wildman–Crippen MR) is 121 cm³/mol.